The highest BCUT2D eigenvalue weighted by atomic mass is 16.2. The molecule has 2 rings (SSSR count). The third-order valence-corrected chi connectivity index (χ3v) is 4.27. The molecule has 23 heavy (non-hydrogen) atoms. The summed E-state index contributed by atoms with van der Waals surface area (Å²) in [4.78, 5) is 27.6. The highest BCUT2D eigenvalue weighted by Gasteiger charge is 2.22. The van der Waals surface area contributed by atoms with Gasteiger partial charge >= 0.3 is 6.03 Å². The van der Waals surface area contributed by atoms with E-state index in [0.717, 1.165) is 32.6 Å². The van der Waals surface area contributed by atoms with Gasteiger partial charge in [-0.2, -0.15) is 0 Å². The van der Waals surface area contributed by atoms with Crippen LogP contribution in [-0.4, -0.2) is 61.0 Å². The molecule has 126 valence electrons. The first-order valence-electron chi connectivity index (χ1n) is 8.10. The van der Waals surface area contributed by atoms with Crippen molar-refractivity contribution in [2.75, 3.05) is 33.2 Å². The van der Waals surface area contributed by atoms with E-state index in [2.05, 4.69) is 51.6 Å². The van der Waals surface area contributed by atoms with E-state index >= 15 is 0 Å². The highest BCUT2D eigenvalue weighted by molar-refractivity contribution is 5.95. The summed E-state index contributed by atoms with van der Waals surface area (Å²) in [6.07, 6.45) is 1.01. The fourth-order valence-electron chi connectivity index (χ4n) is 2.80. The largest absolute Gasteiger partial charge is 0.341 e. The lowest BCUT2D eigenvalue weighted by molar-refractivity contribution is -0.121. The van der Waals surface area contributed by atoms with Crippen molar-refractivity contribution >= 4 is 11.9 Å². The van der Waals surface area contributed by atoms with E-state index in [0.29, 0.717) is 6.04 Å². The average Bonchev–Trinajstić information content (AvgIpc) is 2.71. The Bertz CT molecular complexity index is 521. The molecular weight excluding hydrogens is 292 g/mol. The fraction of sp³-hybridized carbons (Fsp3) is 0.529. The van der Waals surface area contributed by atoms with E-state index < -0.39 is 6.03 Å². The lowest BCUT2D eigenvalue weighted by Crippen LogP contribution is -2.44. The zero-order valence-corrected chi connectivity index (χ0v) is 13.9. The second-order valence-corrected chi connectivity index (χ2v) is 6.00. The first-order valence-corrected chi connectivity index (χ1v) is 8.10. The van der Waals surface area contributed by atoms with Gasteiger partial charge < -0.3 is 5.32 Å². The second kappa shape index (κ2) is 8.64. The Balaban J connectivity index is 1.85. The molecule has 1 aliphatic rings. The Labute approximate surface area is 137 Å². The minimum Gasteiger partial charge on any atom is -0.341 e. The van der Waals surface area contributed by atoms with Crippen LogP contribution in [0.2, 0.25) is 0 Å². The summed E-state index contributed by atoms with van der Waals surface area (Å²) >= 11 is 0. The summed E-state index contributed by atoms with van der Waals surface area (Å²) < 4.78 is 0. The average molecular weight is 318 g/mol. The first-order chi connectivity index (χ1) is 11.1. The van der Waals surface area contributed by atoms with E-state index in [1.165, 1.54) is 12.6 Å². The Hall–Kier alpha value is -1.92. The van der Waals surface area contributed by atoms with Gasteiger partial charge in [0.05, 0.1) is 6.54 Å². The van der Waals surface area contributed by atoms with Crippen LogP contribution in [-0.2, 0) is 11.3 Å². The Morgan fingerprint density at radius 3 is 2.61 bits per heavy atom. The number of nitrogens with one attached hydrogen (secondary N) is 2. The zero-order valence-electron chi connectivity index (χ0n) is 13.9. The number of rotatable bonds is 4. The molecule has 1 fully saturated rings. The molecule has 2 N–H and O–H groups in total. The van der Waals surface area contributed by atoms with Crippen molar-refractivity contribution in [3.63, 3.8) is 0 Å². The molecule has 1 aromatic rings. The van der Waals surface area contributed by atoms with Gasteiger partial charge in [0, 0.05) is 39.3 Å². The molecule has 0 saturated carbocycles. The van der Waals surface area contributed by atoms with Crippen molar-refractivity contribution < 1.29 is 9.59 Å². The van der Waals surface area contributed by atoms with Gasteiger partial charge in [0.25, 0.3) is 0 Å². The van der Waals surface area contributed by atoms with Crippen LogP contribution in [0.25, 0.3) is 0 Å². The van der Waals surface area contributed by atoms with Crippen LogP contribution in [0.4, 0.5) is 4.79 Å². The number of hydrogen-bond acceptors (Lipinski definition) is 4. The second-order valence-electron chi connectivity index (χ2n) is 6.00. The molecule has 1 heterocycles. The van der Waals surface area contributed by atoms with Gasteiger partial charge in [0.1, 0.15) is 0 Å². The predicted octanol–water partition coefficient (Wildman–Crippen LogP) is 1.04. The number of imide groups is 1. The molecule has 0 spiro atoms. The van der Waals surface area contributed by atoms with Crippen molar-refractivity contribution in [1.29, 1.82) is 0 Å². The molecule has 3 amide bonds. The van der Waals surface area contributed by atoms with Crippen molar-refractivity contribution in [1.82, 2.24) is 20.4 Å². The van der Waals surface area contributed by atoms with Gasteiger partial charge in [0.2, 0.25) is 5.91 Å². The van der Waals surface area contributed by atoms with Gasteiger partial charge in [-0.1, -0.05) is 30.3 Å². The zero-order chi connectivity index (χ0) is 16.7. The van der Waals surface area contributed by atoms with E-state index in [9.17, 15) is 9.59 Å². The van der Waals surface area contributed by atoms with Crippen molar-refractivity contribution in [3.05, 3.63) is 35.9 Å². The molecule has 1 unspecified atom stereocenters. The molecule has 1 aromatic carbocycles. The first kappa shape index (κ1) is 17.4. The van der Waals surface area contributed by atoms with Crippen LogP contribution >= 0.6 is 0 Å². The SMILES string of the molecule is CNC(=O)NC(=O)CN1CCC(C)N(Cc2ccccc2)CC1. The van der Waals surface area contributed by atoms with Crippen LogP contribution in [0.3, 0.4) is 0 Å². The van der Waals surface area contributed by atoms with Crippen molar-refractivity contribution in [3.8, 4) is 0 Å². The number of carbonyl (C=O) groups is 2. The Morgan fingerprint density at radius 1 is 1.17 bits per heavy atom. The number of urea groups is 1. The van der Waals surface area contributed by atoms with Crippen LogP contribution in [0, 0.1) is 0 Å². The smallest absolute Gasteiger partial charge is 0.321 e. The molecule has 0 bridgehead atoms. The molecule has 0 aliphatic carbocycles. The van der Waals surface area contributed by atoms with E-state index in [-0.39, 0.29) is 12.5 Å². The van der Waals surface area contributed by atoms with Crippen LogP contribution < -0.4 is 10.6 Å². The lowest BCUT2D eigenvalue weighted by atomic mass is 10.1. The summed E-state index contributed by atoms with van der Waals surface area (Å²) in [6, 6.07) is 10.5. The maximum Gasteiger partial charge on any atom is 0.321 e. The lowest BCUT2D eigenvalue weighted by Gasteiger charge is -2.26. The predicted molar refractivity (Wildman–Crippen MR) is 90.0 cm³/mol. The Kier molecular flexibility index (Phi) is 6.55. The van der Waals surface area contributed by atoms with E-state index in [4.69, 9.17) is 0 Å². The van der Waals surface area contributed by atoms with Crippen LogP contribution in [0.1, 0.15) is 18.9 Å². The molecule has 0 radical (unpaired) electrons. The molecule has 1 aliphatic heterocycles. The summed E-state index contributed by atoms with van der Waals surface area (Å²) in [6.45, 7) is 6.05. The third kappa shape index (κ3) is 5.65. The highest BCUT2D eigenvalue weighted by Crippen LogP contribution is 2.14. The molecule has 1 atom stereocenters. The van der Waals surface area contributed by atoms with Gasteiger partial charge in [-0.05, 0) is 18.9 Å². The van der Waals surface area contributed by atoms with Gasteiger partial charge in [-0.15, -0.1) is 0 Å². The number of benzene rings is 1. The van der Waals surface area contributed by atoms with E-state index in [1.807, 2.05) is 6.07 Å². The molecule has 6 heteroatoms. The molecule has 0 aromatic heterocycles. The molecular formula is C17H26N4O2. The van der Waals surface area contributed by atoms with Gasteiger partial charge in [-0.3, -0.25) is 19.9 Å². The molecule has 1 saturated heterocycles. The summed E-state index contributed by atoms with van der Waals surface area (Å²) in [7, 11) is 1.50. The van der Waals surface area contributed by atoms with Gasteiger partial charge in [0.15, 0.2) is 0 Å². The van der Waals surface area contributed by atoms with Gasteiger partial charge in [-0.25, -0.2) is 4.79 Å². The minimum atomic E-state index is -0.455. The van der Waals surface area contributed by atoms with E-state index in [1.54, 1.807) is 0 Å². The maximum absolute atomic E-state index is 11.8. The quantitative estimate of drug-likeness (QED) is 0.871. The monoisotopic (exact) mass is 318 g/mol. The van der Waals surface area contributed by atoms with Crippen LogP contribution in [0.5, 0.6) is 0 Å². The standard InChI is InChI=1S/C17H26N4O2/c1-14-8-9-20(13-16(22)19-17(23)18-2)10-11-21(14)12-15-6-4-3-5-7-15/h3-7,14H,8-13H2,1-2H3,(H2,18,19,22,23). The number of carbonyl (C=O) groups excluding carboxylic acids is 2. The number of nitrogens with zero attached hydrogens (tertiary/aromatic N) is 2. The third-order valence-electron chi connectivity index (χ3n) is 4.27. The summed E-state index contributed by atoms with van der Waals surface area (Å²) in [5.41, 5.74) is 1.31. The molecule has 6 nitrogen and oxygen atoms in total. The fourth-order valence-corrected chi connectivity index (χ4v) is 2.80. The maximum atomic E-state index is 11.8. The topological polar surface area (TPSA) is 64.7 Å². The normalized spacial score (nSPS) is 19.8. The van der Waals surface area contributed by atoms with Crippen molar-refractivity contribution in [2.45, 2.75) is 25.9 Å². The summed E-state index contributed by atoms with van der Waals surface area (Å²) in [5, 5.41) is 4.70. The Morgan fingerprint density at radius 2 is 1.91 bits per heavy atom. The van der Waals surface area contributed by atoms with Crippen molar-refractivity contribution in [2.24, 2.45) is 0 Å². The van der Waals surface area contributed by atoms with Crippen LogP contribution in [0.15, 0.2) is 30.3 Å². The number of hydrogen-bond donors (Lipinski definition) is 2. The number of amides is 3. The minimum absolute atomic E-state index is 0.256. The summed E-state index contributed by atoms with van der Waals surface area (Å²) in [5.74, 6) is -0.256.